The summed E-state index contributed by atoms with van der Waals surface area (Å²) < 4.78 is 6.34. The Balaban J connectivity index is 1.25. The highest BCUT2D eigenvalue weighted by Gasteiger charge is 2.16. The van der Waals surface area contributed by atoms with Crippen molar-refractivity contribution in [1.29, 1.82) is 0 Å². The van der Waals surface area contributed by atoms with E-state index in [1.165, 1.54) is 65.7 Å². The largest absolute Gasteiger partial charge is 0.456 e. The van der Waals surface area contributed by atoms with Crippen LogP contribution in [-0.2, 0) is 0 Å². The first kappa shape index (κ1) is 22.4. The van der Waals surface area contributed by atoms with Crippen LogP contribution in [0.2, 0.25) is 0 Å². The van der Waals surface area contributed by atoms with Gasteiger partial charge in [0.2, 0.25) is 0 Å². The fourth-order valence-corrected chi connectivity index (χ4v) is 6.68. The van der Waals surface area contributed by atoms with E-state index in [0.29, 0.717) is 0 Å². The lowest BCUT2D eigenvalue weighted by Gasteiger charge is -2.16. The van der Waals surface area contributed by atoms with Gasteiger partial charge in [-0.2, -0.15) is 0 Å². The molecular formula is C40H24O. The second-order valence-electron chi connectivity index (χ2n) is 10.9. The van der Waals surface area contributed by atoms with Gasteiger partial charge in [-0.05, 0) is 90.0 Å². The van der Waals surface area contributed by atoms with Crippen molar-refractivity contribution in [3.63, 3.8) is 0 Å². The monoisotopic (exact) mass is 520 g/mol. The molecule has 1 heterocycles. The van der Waals surface area contributed by atoms with E-state index in [0.717, 1.165) is 21.9 Å². The molecule has 0 saturated carbocycles. The molecule has 1 nitrogen and oxygen atoms in total. The molecule has 1 heteroatoms. The van der Waals surface area contributed by atoms with Crippen molar-refractivity contribution in [2.24, 2.45) is 0 Å². The topological polar surface area (TPSA) is 13.1 Å². The number of rotatable bonds is 3. The lowest BCUT2D eigenvalue weighted by Crippen LogP contribution is -1.89. The minimum atomic E-state index is 0.916. The first-order chi connectivity index (χ1) is 20.3. The van der Waals surface area contributed by atoms with Gasteiger partial charge in [-0.1, -0.05) is 121 Å². The summed E-state index contributed by atoms with van der Waals surface area (Å²) in [5.74, 6) is 0. The van der Waals surface area contributed by atoms with E-state index in [-0.39, 0.29) is 0 Å². The molecule has 0 bridgehead atoms. The second-order valence-corrected chi connectivity index (χ2v) is 10.9. The van der Waals surface area contributed by atoms with Crippen molar-refractivity contribution in [2.75, 3.05) is 0 Å². The maximum atomic E-state index is 6.34. The van der Waals surface area contributed by atoms with Crippen LogP contribution in [0.3, 0.4) is 0 Å². The lowest BCUT2D eigenvalue weighted by molar-refractivity contribution is 0.669. The van der Waals surface area contributed by atoms with Gasteiger partial charge in [0.25, 0.3) is 0 Å². The highest BCUT2D eigenvalue weighted by Crippen LogP contribution is 2.43. The lowest BCUT2D eigenvalue weighted by atomic mass is 9.87. The van der Waals surface area contributed by atoms with Gasteiger partial charge in [0.1, 0.15) is 11.2 Å². The molecule has 0 aliphatic rings. The molecule has 190 valence electrons. The fraction of sp³-hybridized carbons (Fsp3) is 0. The third-order valence-corrected chi connectivity index (χ3v) is 8.64. The zero-order valence-corrected chi connectivity index (χ0v) is 22.3. The van der Waals surface area contributed by atoms with Crippen molar-refractivity contribution >= 4 is 54.3 Å². The van der Waals surface area contributed by atoms with E-state index < -0.39 is 0 Å². The SMILES string of the molecule is c1ccc(-c2ccc3c(c2)oc2ccc(-c4ccc5ccc6c(-c7ccccc7)ccc7ccc4c5c76)cc23)cc1. The van der Waals surface area contributed by atoms with Crippen LogP contribution in [0.15, 0.2) is 150 Å². The van der Waals surface area contributed by atoms with E-state index in [1.807, 2.05) is 6.07 Å². The predicted octanol–water partition coefficient (Wildman–Crippen LogP) is 11.5. The third kappa shape index (κ3) is 3.36. The Hall–Kier alpha value is -5.40. The summed E-state index contributed by atoms with van der Waals surface area (Å²) in [5, 5.41) is 10.1. The van der Waals surface area contributed by atoms with Gasteiger partial charge in [-0.3, -0.25) is 0 Å². The Morgan fingerprint density at radius 1 is 0.317 bits per heavy atom. The van der Waals surface area contributed by atoms with E-state index in [1.54, 1.807) is 0 Å². The third-order valence-electron chi connectivity index (χ3n) is 8.64. The van der Waals surface area contributed by atoms with Crippen molar-refractivity contribution in [3.8, 4) is 33.4 Å². The smallest absolute Gasteiger partial charge is 0.136 e. The molecule has 0 saturated heterocycles. The summed E-state index contributed by atoms with van der Waals surface area (Å²) >= 11 is 0. The fourth-order valence-electron chi connectivity index (χ4n) is 6.68. The van der Waals surface area contributed by atoms with Gasteiger partial charge in [0.15, 0.2) is 0 Å². The van der Waals surface area contributed by atoms with Crippen LogP contribution in [0, 0.1) is 0 Å². The zero-order chi connectivity index (χ0) is 26.9. The Morgan fingerprint density at radius 2 is 0.878 bits per heavy atom. The molecule has 0 N–H and O–H groups in total. The first-order valence-corrected chi connectivity index (χ1v) is 14.1. The highest BCUT2D eigenvalue weighted by molar-refractivity contribution is 6.27. The number of hydrogen-bond donors (Lipinski definition) is 0. The summed E-state index contributed by atoms with van der Waals surface area (Å²) in [6, 6.07) is 52.6. The maximum Gasteiger partial charge on any atom is 0.136 e. The molecule has 41 heavy (non-hydrogen) atoms. The molecule has 0 fully saturated rings. The van der Waals surface area contributed by atoms with E-state index in [9.17, 15) is 0 Å². The maximum absolute atomic E-state index is 6.34. The van der Waals surface area contributed by atoms with Gasteiger partial charge >= 0.3 is 0 Å². The Kier molecular flexibility index (Phi) is 4.67. The summed E-state index contributed by atoms with van der Waals surface area (Å²) in [4.78, 5) is 0. The highest BCUT2D eigenvalue weighted by atomic mass is 16.3. The van der Waals surface area contributed by atoms with Crippen LogP contribution in [-0.4, -0.2) is 0 Å². The number of furan rings is 1. The molecule has 0 atom stereocenters. The molecule has 0 spiro atoms. The minimum Gasteiger partial charge on any atom is -0.456 e. The van der Waals surface area contributed by atoms with Crippen LogP contribution in [0.1, 0.15) is 0 Å². The first-order valence-electron chi connectivity index (χ1n) is 14.1. The zero-order valence-electron chi connectivity index (χ0n) is 22.3. The van der Waals surface area contributed by atoms with E-state index in [2.05, 4.69) is 140 Å². The van der Waals surface area contributed by atoms with E-state index in [4.69, 9.17) is 4.42 Å². The summed E-state index contributed by atoms with van der Waals surface area (Å²) in [5.41, 5.74) is 9.17. The summed E-state index contributed by atoms with van der Waals surface area (Å²) in [6.07, 6.45) is 0. The van der Waals surface area contributed by atoms with Gasteiger partial charge in [-0.25, -0.2) is 0 Å². The van der Waals surface area contributed by atoms with Gasteiger partial charge in [0, 0.05) is 10.8 Å². The number of hydrogen-bond acceptors (Lipinski definition) is 1. The molecular weight excluding hydrogens is 496 g/mol. The van der Waals surface area contributed by atoms with E-state index >= 15 is 0 Å². The average molecular weight is 521 g/mol. The van der Waals surface area contributed by atoms with Gasteiger partial charge in [0.05, 0.1) is 0 Å². The molecule has 9 rings (SSSR count). The van der Waals surface area contributed by atoms with Crippen LogP contribution in [0.4, 0.5) is 0 Å². The molecule has 0 unspecified atom stereocenters. The molecule has 0 radical (unpaired) electrons. The normalized spacial score (nSPS) is 11.9. The Labute approximate surface area is 237 Å². The van der Waals surface area contributed by atoms with Gasteiger partial charge < -0.3 is 4.42 Å². The molecule has 0 aliphatic carbocycles. The Bertz CT molecular complexity index is 2400. The quantitative estimate of drug-likeness (QED) is 0.211. The van der Waals surface area contributed by atoms with Crippen LogP contribution >= 0.6 is 0 Å². The van der Waals surface area contributed by atoms with Crippen molar-refractivity contribution in [1.82, 2.24) is 0 Å². The number of benzene rings is 8. The van der Waals surface area contributed by atoms with Crippen molar-refractivity contribution in [3.05, 3.63) is 146 Å². The van der Waals surface area contributed by atoms with Crippen LogP contribution in [0.25, 0.3) is 87.6 Å². The van der Waals surface area contributed by atoms with Crippen LogP contribution < -0.4 is 0 Å². The Morgan fingerprint density at radius 3 is 1.56 bits per heavy atom. The standard InChI is InChI=1S/C40H24O/c1-3-7-25(8-4-1)29-15-19-33-36-23-30(16-22-37(36)41-38(33)24-29)32-18-12-28-13-20-34-31(26-9-5-2-6-10-26)17-11-27-14-21-35(32)40(28)39(27)34/h1-24H. The molecule has 8 aromatic carbocycles. The minimum absolute atomic E-state index is 0.916. The summed E-state index contributed by atoms with van der Waals surface area (Å²) in [6.45, 7) is 0. The van der Waals surface area contributed by atoms with Gasteiger partial charge in [-0.15, -0.1) is 0 Å². The molecule has 9 aromatic rings. The van der Waals surface area contributed by atoms with Crippen LogP contribution in [0.5, 0.6) is 0 Å². The summed E-state index contributed by atoms with van der Waals surface area (Å²) in [7, 11) is 0. The predicted molar refractivity (Wildman–Crippen MR) is 174 cm³/mol. The molecule has 0 amide bonds. The number of fused-ring (bicyclic) bond motifs is 3. The molecule has 1 aromatic heterocycles. The van der Waals surface area contributed by atoms with Crippen molar-refractivity contribution in [2.45, 2.75) is 0 Å². The average Bonchev–Trinajstić information content (AvgIpc) is 3.41. The second kappa shape index (κ2) is 8.55. The van der Waals surface area contributed by atoms with Crippen molar-refractivity contribution < 1.29 is 4.42 Å². The molecule has 0 aliphatic heterocycles.